The van der Waals surface area contributed by atoms with Gasteiger partial charge >= 0.3 is 0 Å². The Labute approximate surface area is 93.3 Å². The monoisotopic (exact) mass is 216 g/mol. The lowest BCUT2D eigenvalue weighted by Crippen LogP contribution is -2.32. The molecule has 2 rings (SSSR count). The van der Waals surface area contributed by atoms with Crippen molar-refractivity contribution in [3.8, 4) is 0 Å². The highest BCUT2D eigenvalue weighted by Gasteiger charge is 2.34. The highest BCUT2D eigenvalue weighted by molar-refractivity contribution is 6.21. The number of fused-ring (bicyclic) bond motifs is 1. The van der Waals surface area contributed by atoms with Gasteiger partial charge in [0.15, 0.2) is 0 Å². The Hall–Kier alpha value is -1.94. The van der Waals surface area contributed by atoms with Gasteiger partial charge in [-0.1, -0.05) is 18.7 Å². The molecule has 16 heavy (non-hydrogen) atoms. The van der Waals surface area contributed by atoms with E-state index in [4.69, 9.17) is 5.73 Å². The minimum Gasteiger partial charge on any atom is -0.327 e. The molecule has 82 valence electrons. The van der Waals surface area contributed by atoms with E-state index in [-0.39, 0.29) is 24.9 Å². The summed E-state index contributed by atoms with van der Waals surface area (Å²) in [5.41, 5.74) is 6.97. The molecule has 4 nitrogen and oxygen atoms in total. The zero-order valence-electron chi connectivity index (χ0n) is 8.77. The van der Waals surface area contributed by atoms with Crippen molar-refractivity contribution >= 4 is 11.8 Å². The van der Waals surface area contributed by atoms with Gasteiger partial charge in [0.05, 0.1) is 17.7 Å². The second-order valence-electron chi connectivity index (χ2n) is 3.70. The first-order valence-corrected chi connectivity index (χ1v) is 4.97. The number of hydrogen-bond donors (Lipinski definition) is 1. The van der Waals surface area contributed by atoms with E-state index >= 15 is 0 Å². The van der Waals surface area contributed by atoms with Gasteiger partial charge in [-0.3, -0.25) is 14.5 Å². The molecule has 0 saturated heterocycles. The normalized spacial score (nSPS) is 14.2. The second-order valence-corrected chi connectivity index (χ2v) is 3.70. The van der Waals surface area contributed by atoms with E-state index in [1.54, 1.807) is 24.3 Å². The number of benzene rings is 1. The average molecular weight is 216 g/mol. The summed E-state index contributed by atoms with van der Waals surface area (Å²) in [7, 11) is 0. The molecule has 0 spiro atoms. The number of nitrogens with two attached hydrogens (primary N) is 1. The lowest BCUT2D eigenvalue weighted by molar-refractivity contribution is 0.0668. The van der Waals surface area contributed by atoms with Gasteiger partial charge in [0, 0.05) is 6.54 Å². The van der Waals surface area contributed by atoms with E-state index in [0.29, 0.717) is 16.7 Å². The Kier molecular flexibility index (Phi) is 2.58. The molecule has 1 heterocycles. The molecule has 4 heteroatoms. The number of nitrogens with zero attached hydrogens (tertiary/aromatic N) is 1. The van der Waals surface area contributed by atoms with Crippen LogP contribution in [0.4, 0.5) is 0 Å². The lowest BCUT2D eigenvalue weighted by Gasteiger charge is -2.14. The quantitative estimate of drug-likeness (QED) is 0.600. The van der Waals surface area contributed by atoms with E-state index in [1.165, 1.54) is 4.90 Å². The van der Waals surface area contributed by atoms with Gasteiger partial charge in [-0.25, -0.2) is 0 Å². The zero-order chi connectivity index (χ0) is 11.7. The SMILES string of the molecule is C=C(CN)CN1C(=O)c2ccccc2C1=O. The summed E-state index contributed by atoms with van der Waals surface area (Å²) in [6.07, 6.45) is 0. The summed E-state index contributed by atoms with van der Waals surface area (Å²) in [6.45, 7) is 4.17. The van der Waals surface area contributed by atoms with Crippen molar-refractivity contribution in [2.75, 3.05) is 13.1 Å². The summed E-state index contributed by atoms with van der Waals surface area (Å²) in [6, 6.07) is 6.79. The molecule has 1 aromatic rings. The molecule has 0 aliphatic carbocycles. The largest absolute Gasteiger partial charge is 0.327 e. The molecule has 0 unspecified atom stereocenters. The molecule has 0 aromatic heterocycles. The van der Waals surface area contributed by atoms with Crippen molar-refractivity contribution in [2.24, 2.45) is 5.73 Å². The van der Waals surface area contributed by atoms with Crippen molar-refractivity contribution in [1.29, 1.82) is 0 Å². The van der Waals surface area contributed by atoms with E-state index in [2.05, 4.69) is 6.58 Å². The van der Waals surface area contributed by atoms with Crippen molar-refractivity contribution in [3.05, 3.63) is 47.5 Å². The van der Waals surface area contributed by atoms with Crippen LogP contribution in [-0.4, -0.2) is 29.8 Å². The van der Waals surface area contributed by atoms with Crippen LogP contribution >= 0.6 is 0 Å². The summed E-state index contributed by atoms with van der Waals surface area (Å²) in [4.78, 5) is 24.9. The van der Waals surface area contributed by atoms with Crippen LogP contribution < -0.4 is 5.73 Å². The van der Waals surface area contributed by atoms with Crippen LogP contribution in [0.5, 0.6) is 0 Å². The van der Waals surface area contributed by atoms with E-state index in [1.807, 2.05) is 0 Å². The van der Waals surface area contributed by atoms with Crippen LogP contribution in [0, 0.1) is 0 Å². The van der Waals surface area contributed by atoms with Crippen LogP contribution in [0.3, 0.4) is 0 Å². The van der Waals surface area contributed by atoms with Crippen molar-refractivity contribution < 1.29 is 9.59 Å². The fourth-order valence-electron chi connectivity index (χ4n) is 1.67. The van der Waals surface area contributed by atoms with Crippen molar-refractivity contribution in [3.63, 3.8) is 0 Å². The molecule has 1 aliphatic heterocycles. The number of carbonyl (C=O) groups is 2. The first-order chi connectivity index (χ1) is 7.65. The molecule has 0 radical (unpaired) electrons. The molecule has 0 bridgehead atoms. The van der Waals surface area contributed by atoms with Gasteiger partial charge in [0.2, 0.25) is 0 Å². The predicted octanol–water partition coefficient (Wildman–Crippen LogP) is 0.798. The Morgan fingerprint density at radius 1 is 1.19 bits per heavy atom. The number of carbonyl (C=O) groups excluding carboxylic acids is 2. The van der Waals surface area contributed by atoms with E-state index in [9.17, 15) is 9.59 Å². The third-order valence-electron chi connectivity index (χ3n) is 2.55. The Balaban J connectivity index is 2.32. The molecule has 0 saturated carbocycles. The molecular formula is C12H12N2O2. The zero-order valence-corrected chi connectivity index (χ0v) is 8.77. The minimum absolute atomic E-state index is 0.197. The second kappa shape index (κ2) is 3.90. The third kappa shape index (κ3) is 1.53. The van der Waals surface area contributed by atoms with Gasteiger partial charge < -0.3 is 5.73 Å². The highest BCUT2D eigenvalue weighted by Crippen LogP contribution is 2.22. The van der Waals surface area contributed by atoms with Gasteiger partial charge in [-0.2, -0.15) is 0 Å². The van der Waals surface area contributed by atoms with E-state index < -0.39 is 0 Å². The third-order valence-corrected chi connectivity index (χ3v) is 2.55. The molecule has 1 aromatic carbocycles. The van der Waals surface area contributed by atoms with Crippen LogP contribution in [0.25, 0.3) is 0 Å². The van der Waals surface area contributed by atoms with Crippen molar-refractivity contribution in [2.45, 2.75) is 0 Å². The molecular weight excluding hydrogens is 204 g/mol. The summed E-state index contributed by atoms with van der Waals surface area (Å²) in [5.74, 6) is -0.537. The van der Waals surface area contributed by atoms with Gasteiger partial charge in [-0.05, 0) is 17.7 Å². The molecule has 0 atom stereocenters. The molecule has 2 N–H and O–H groups in total. The lowest BCUT2D eigenvalue weighted by atomic mass is 10.1. The van der Waals surface area contributed by atoms with E-state index in [0.717, 1.165) is 0 Å². The fourth-order valence-corrected chi connectivity index (χ4v) is 1.67. The molecule has 0 fully saturated rings. The Morgan fingerprint density at radius 2 is 1.69 bits per heavy atom. The Morgan fingerprint density at radius 3 is 2.12 bits per heavy atom. The number of rotatable bonds is 3. The van der Waals surface area contributed by atoms with Crippen LogP contribution in [-0.2, 0) is 0 Å². The van der Waals surface area contributed by atoms with Crippen LogP contribution in [0.1, 0.15) is 20.7 Å². The average Bonchev–Trinajstić information content (AvgIpc) is 2.55. The standard InChI is InChI=1S/C12H12N2O2/c1-8(6-13)7-14-11(15)9-4-2-3-5-10(9)12(14)16/h2-5H,1,6-7,13H2. The van der Waals surface area contributed by atoms with Gasteiger partial charge in [0.25, 0.3) is 11.8 Å². The minimum atomic E-state index is -0.268. The summed E-state index contributed by atoms with van der Waals surface area (Å²) in [5, 5.41) is 0. The van der Waals surface area contributed by atoms with Crippen LogP contribution in [0.15, 0.2) is 36.4 Å². The van der Waals surface area contributed by atoms with Gasteiger partial charge in [0.1, 0.15) is 0 Å². The number of imide groups is 1. The maximum Gasteiger partial charge on any atom is 0.261 e. The molecule has 2 amide bonds. The van der Waals surface area contributed by atoms with Crippen LogP contribution in [0.2, 0.25) is 0 Å². The predicted molar refractivity (Wildman–Crippen MR) is 60.0 cm³/mol. The smallest absolute Gasteiger partial charge is 0.261 e. The fraction of sp³-hybridized carbons (Fsp3) is 0.167. The highest BCUT2D eigenvalue weighted by atomic mass is 16.2. The maximum absolute atomic E-state index is 11.9. The number of hydrogen-bond acceptors (Lipinski definition) is 3. The Bertz CT molecular complexity index is 445. The first kappa shape index (κ1) is 10.6. The summed E-state index contributed by atoms with van der Waals surface area (Å²) >= 11 is 0. The first-order valence-electron chi connectivity index (χ1n) is 4.97. The topological polar surface area (TPSA) is 63.4 Å². The number of amides is 2. The van der Waals surface area contributed by atoms with Crippen molar-refractivity contribution in [1.82, 2.24) is 4.90 Å². The van der Waals surface area contributed by atoms with Gasteiger partial charge in [-0.15, -0.1) is 0 Å². The molecule has 1 aliphatic rings. The maximum atomic E-state index is 11.9. The summed E-state index contributed by atoms with van der Waals surface area (Å²) < 4.78 is 0.